The first-order valence-electron chi connectivity index (χ1n) is 4.12. The van der Waals surface area contributed by atoms with Crippen LogP contribution in [0, 0.1) is 0 Å². The van der Waals surface area contributed by atoms with Gasteiger partial charge in [-0.3, -0.25) is 0 Å². The third kappa shape index (κ3) is 2.27. The Kier molecular flexibility index (Phi) is 3.16. The van der Waals surface area contributed by atoms with Crippen molar-refractivity contribution < 1.29 is 9.84 Å². The quantitative estimate of drug-likeness (QED) is 0.633. The van der Waals surface area contributed by atoms with Gasteiger partial charge in [-0.2, -0.15) is 0 Å². The highest BCUT2D eigenvalue weighted by atomic mass is 16.5. The van der Waals surface area contributed by atoms with Crippen LogP contribution in [0.1, 0.15) is 32.6 Å². The molecule has 0 amide bonds. The van der Waals surface area contributed by atoms with Gasteiger partial charge in [0.25, 0.3) is 0 Å². The van der Waals surface area contributed by atoms with E-state index in [1.54, 1.807) is 0 Å². The Labute approximate surface area is 62.2 Å². The molecule has 1 fully saturated rings. The van der Waals surface area contributed by atoms with Gasteiger partial charge in [0.15, 0.2) is 0 Å². The number of ether oxygens (including phenoxy) is 1. The molecule has 0 aromatic heterocycles. The van der Waals surface area contributed by atoms with Gasteiger partial charge in [-0.05, 0) is 19.3 Å². The smallest absolute Gasteiger partial charge is 0.0599 e. The third-order valence-corrected chi connectivity index (χ3v) is 1.95. The van der Waals surface area contributed by atoms with E-state index < -0.39 is 0 Å². The van der Waals surface area contributed by atoms with Crippen LogP contribution in [0.15, 0.2) is 0 Å². The van der Waals surface area contributed by atoms with Crippen molar-refractivity contribution in [3.63, 3.8) is 0 Å². The summed E-state index contributed by atoms with van der Waals surface area (Å²) in [6.45, 7) is 2.89. The summed E-state index contributed by atoms with van der Waals surface area (Å²) in [5, 5.41) is 9.23. The summed E-state index contributed by atoms with van der Waals surface area (Å²) >= 11 is 0. The minimum absolute atomic E-state index is 0.106. The van der Waals surface area contributed by atoms with Gasteiger partial charge in [0.05, 0.1) is 12.2 Å². The summed E-state index contributed by atoms with van der Waals surface area (Å²) in [4.78, 5) is 0. The van der Waals surface area contributed by atoms with Crippen molar-refractivity contribution in [1.82, 2.24) is 0 Å². The van der Waals surface area contributed by atoms with Crippen LogP contribution in [-0.2, 0) is 4.74 Å². The molecule has 60 valence electrons. The lowest BCUT2D eigenvalue weighted by atomic mass is 10.0. The SMILES string of the molecule is CCC[C@H]1C[C@H](O)CCO1. The van der Waals surface area contributed by atoms with Gasteiger partial charge in [0.1, 0.15) is 0 Å². The average Bonchev–Trinajstić information content (AvgIpc) is 1.88. The topological polar surface area (TPSA) is 29.5 Å². The normalized spacial score (nSPS) is 34.2. The van der Waals surface area contributed by atoms with Gasteiger partial charge in [-0.15, -0.1) is 0 Å². The second-order valence-corrected chi connectivity index (χ2v) is 2.96. The first-order chi connectivity index (χ1) is 4.83. The molecule has 0 aromatic rings. The Morgan fingerprint density at radius 3 is 3.00 bits per heavy atom. The molecular weight excluding hydrogens is 128 g/mol. The molecule has 0 bridgehead atoms. The van der Waals surface area contributed by atoms with Gasteiger partial charge in [0.2, 0.25) is 0 Å². The van der Waals surface area contributed by atoms with Gasteiger partial charge < -0.3 is 9.84 Å². The number of rotatable bonds is 2. The van der Waals surface area contributed by atoms with Crippen molar-refractivity contribution in [3.05, 3.63) is 0 Å². The van der Waals surface area contributed by atoms with Crippen molar-refractivity contribution in [1.29, 1.82) is 0 Å². The van der Waals surface area contributed by atoms with Crippen LogP contribution in [0.3, 0.4) is 0 Å². The molecule has 1 heterocycles. The Hall–Kier alpha value is -0.0800. The van der Waals surface area contributed by atoms with Gasteiger partial charge in [-0.25, -0.2) is 0 Å². The molecule has 2 atom stereocenters. The Morgan fingerprint density at radius 1 is 1.60 bits per heavy atom. The zero-order valence-corrected chi connectivity index (χ0v) is 6.55. The van der Waals surface area contributed by atoms with Crippen LogP contribution in [0.25, 0.3) is 0 Å². The van der Waals surface area contributed by atoms with Crippen molar-refractivity contribution in [2.24, 2.45) is 0 Å². The van der Waals surface area contributed by atoms with E-state index in [2.05, 4.69) is 6.92 Å². The number of aliphatic hydroxyl groups excluding tert-OH is 1. The van der Waals surface area contributed by atoms with Crippen LogP contribution in [0.4, 0.5) is 0 Å². The van der Waals surface area contributed by atoms with Crippen LogP contribution in [0.5, 0.6) is 0 Å². The fourth-order valence-corrected chi connectivity index (χ4v) is 1.38. The van der Waals surface area contributed by atoms with Crippen molar-refractivity contribution in [2.75, 3.05) is 6.61 Å². The third-order valence-electron chi connectivity index (χ3n) is 1.95. The highest BCUT2D eigenvalue weighted by molar-refractivity contribution is 4.69. The summed E-state index contributed by atoms with van der Waals surface area (Å²) in [7, 11) is 0. The largest absolute Gasteiger partial charge is 0.393 e. The molecule has 1 rings (SSSR count). The Balaban J connectivity index is 2.18. The van der Waals surface area contributed by atoms with Gasteiger partial charge in [-0.1, -0.05) is 13.3 Å². The molecule has 0 unspecified atom stereocenters. The molecule has 0 radical (unpaired) electrons. The zero-order chi connectivity index (χ0) is 7.40. The summed E-state index contributed by atoms with van der Waals surface area (Å²) < 4.78 is 5.43. The monoisotopic (exact) mass is 144 g/mol. The highest BCUT2D eigenvalue weighted by Crippen LogP contribution is 2.17. The summed E-state index contributed by atoms with van der Waals surface area (Å²) in [5.74, 6) is 0. The average molecular weight is 144 g/mol. The van der Waals surface area contributed by atoms with Gasteiger partial charge >= 0.3 is 0 Å². The first kappa shape index (κ1) is 8.02. The molecule has 1 aliphatic heterocycles. The van der Waals surface area contributed by atoms with Crippen LogP contribution in [-0.4, -0.2) is 23.9 Å². The second kappa shape index (κ2) is 3.94. The Morgan fingerprint density at radius 2 is 2.40 bits per heavy atom. The van der Waals surface area contributed by atoms with E-state index in [1.807, 2.05) is 0 Å². The van der Waals surface area contributed by atoms with Crippen molar-refractivity contribution >= 4 is 0 Å². The van der Waals surface area contributed by atoms with E-state index in [9.17, 15) is 5.11 Å². The molecule has 0 spiro atoms. The van der Waals surface area contributed by atoms with Crippen LogP contribution >= 0.6 is 0 Å². The number of aliphatic hydroxyl groups is 1. The molecule has 0 saturated carbocycles. The van der Waals surface area contributed by atoms with E-state index in [-0.39, 0.29) is 6.10 Å². The predicted molar refractivity (Wildman–Crippen MR) is 39.9 cm³/mol. The van der Waals surface area contributed by atoms with E-state index in [0.29, 0.717) is 6.10 Å². The summed E-state index contributed by atoms with van der Waals surface area (Å²) in [5.41, 5.74) is 0. The summed E-state index contributed by atoms with van der Waals surface area (Å²) in [6, 6.07) is 0. The van der Waals surface area contributed by atoms with Crippen molar-refractivity contribution in [2.45, 2.75) is 44.8 Å². The lowest BCUT2D eigenvalue weighted by Crippen LogP contribution is -2.28. The number of hydrogen-bond donors (Lipinski definition) is 1. The maximum atomic E-state index is 9.23. The van der Waals surface area contributed by atoms with Crippen LogP contribution < -0.4 is 0 Å². The van der Waals surface area contributed by atoms with E-state index >= 15 is 0 Å². The second-order valence-electron chi connectivity index (χ2n) is 2.96. The van der Waals surface area contributed by atoms with E-state index in [4.69, 9.17) is 4.74 Å². The standard InChI is InChI=1S/C8H16O2/c1-2-3-8-6-7(9)4-5-10-8/h7-9H,2-6H2,1H3/t7-,8+/m1/s1. The molecule has 2 heteroatoms. The maximum absolute atomic E-state index is 9.23. The zero-order valence-electron chi connectivity index (χ0n) is 6.55. The van der Waals surface area contributed by atoms with Crippen LogP contribution in [0.2, 0.25) is 0 Å². The fraction of sp³-hybridized carbons (Fsp3) is 1.00. The minimum Gasteiger partial charge on any atom is -0.393 e. The molecule has 1 N–H and O–H groups in total. The highest BCUT2D eigenvalue weighted by Gasteiger charge is 2.19. The molecule has 0 aliphatic carbocycles. The number of hydrogen-bond acceptors (Lipinski definition) is 2. The van der Waals surface area contributed by atoms with E-state index in [0.717, 1.165) is 32.3 Å². The molecule has 2 nitrogen and oxygen atoms in total. The minimum atomic E-state index is -0.106. The molecular formula is C8H16O2. The van der Waals surface area contributed by atoms with Crippen molar-refractivity contribution in [3.8, 4) is 0 Å². The maximum Gasteiger partial charge on any atom is 0.0599 e. The Bertz CT molecular complexity index is 91.3. The lowest BCUT2D eigenvalue weighted by Gasteiger charge is -2.25. The fourth-order valence-electron chi connectivity index (χ4n) is 1.38. The molecule has 1 saturated heterocycles. The lowest BCUT2D eigenvalue weighted by molar-refractivity contribution is -0.0463. The molecule has 1 aliphatic rings. The van der Waals surface area contributed by atoms with E-state index in [1.165, 1.54) is 0 Å². The predicted octanol–water partition coefficient (Wildman–Crippen LogP) is 1.33. The molecule has 10 heavy (non-hydrogen) atoms. The summed E-state index contributed by atoms with van der Waals surface area (Å²) in [6.07, 6.45) is 4.13. The molecule has 0 aromatic carbocycles. The first-order valence-corrected chi connectivity index (χ1v) is 4.12. The van der Waals surface area contributed by atoms with Gasteiger partial charge in [0, 0.05) is 6.61 Å².